The van der Waals surface area contributed by atoms with E-state index >= 15 is 0 Å². The van der Waals surface area contributed by atoms with Gasteiger partial charge in [0.15, 0.2) is 16.6 Å². The molecule has 158 valence electrons. The first-order chi connectivity index (χ1) is 14.1. The Morgan fingerprint density at radius 2 is 1.93 bits per heavy atom. The van der Waals surface area contributed by atoms with E-state index in [2.05, 4.69) is 22.1 Å². The number of thiocarbonyl (C=S) groups is 1. The monoisotopic (exact) mass is 417 g/mol. The fourth-order valence-corrected chi connectivity index (χ4v) is 4.58. The van der Waals surface area contributed by atoms with Gasteiger partial charge in [-0.2, -0.15) is 0 Å². The van der Waals surface area contributed by atoms with Gasteiger partial charge in [0, 0.05) is 25.6 Å². The summed E-state index contributed by atoms with van der Waals surface area (Å²) < 4.78 is 11.0. The van der Waals surface area contributed by atoms with Crippen LogP contribution in [0.15, 0.2) is 24.8 Å². The molecule has 1 aliphatic heterocycles. The molecule has 6 nitrogen and oxygen atoms in total. The van der Waals surface area contributed by atoms with E-state index in [9.17, 15) is 4.79 Å². The maximum absolute atomic E-state index is 12.6. The number of fused-ring (bicyclic) bond motifs is 1. The van der Waals surface area contributed by atoms with Crippen LogP contribution in [-0.2, 0) is 11.2 Å². The molecule has 1 amide bonds. The number of rotatable bonds is 7. The normalized spacial score (nSPS) is 18.7. The fraction of sp³-hybridized carbons (Fsp3) is 0.545. The van der Waals surface area contributed by atoms with Crippen molar-refractivity contribution in [1.82, 2.24) is 15.5 Å². The molecule has 2 aliphatic rings. The van der Waals surface area contributed by atoms with Crippen molar-refractivity contribution in [3.05, 3.63) is 35.9 Å². The number of hydrogen-bond acceptors (Lipinski definition) is 4. The molecule has 7 heteroatoms. The van der Waals surface area contributed by atoms with E-state index in [1.807, 2.05) is 12.1 Å². The van der Waals surface area contributed by atoms with Crippen LogP contribution in [0.1, 0.15) is 42.9 Å². The predicted octanol–water partition coefficient (Wildman–Crippen LogP) is 2.97. The molecule has 29 heavy (non-hydrogen) atoms. The van der Waals surface area contributed by atoms with Gasteiger partial charge in [-0.1, -0.05) is 18.9 Å². The zero-order chi connectivity index (χ0) is 20.8. The molecule has 0 bridgehead atoms. The third-order valence-electron chi connectivity index (χ3n) is 5.86. The molecule has 2 N–H and O–H groups in total. The smallest absolute Gasteiger partial charge is 0.223 e. The predicted molar refractivity (Wildman–Crippen MR) is 118 cm³/mol. The summed E-state index contributed by atoms with van der Waals surface area (Å²) in [6, 6.07) is 3.99. The van der Waals surface area contributed by atoms with Crippen molar-refractivity contribution in [3.63, 3.8) is 0 Å². The minimum absolute atomic E-state index is 0.0614. The number of hydrogen-bond donors (Lipinski definition) is 2. The molecule has 1 saturated carbocycles. The maximum atomic E-state index is 12.6. The highest BCUT2D eigenvalue weighted by molar-refractivity contribution is 7.80. The van der Waals surface area contributed by atoms with Crippen LogP contribution in [0, 0.1) is 5.92 Å². The van der Waals surface area contributed by atoms with E-state index in [1.165, 1.54) is 5.56 Å². The lowest BCUT2D eigenvalue weighted by Gasteiger charge is -2.39. The van der Waals surface area contributed by atoms with Crippen LogP contribution in [-0.4, -0.2) is 49.8 Å². The van der Waals surface area contributed by atoms with Crippen LogP contribution < -0.4 is 20.1 Å². The van der Waals surface area contributed by atoms with Gasteiger partial charge < -0.3 is 25.0 Å². The quantitative estimate of drug-likeness (QED) is 0.525. The lowest BCUT2D eigenvalue weighted by molar-refractivity contribution is -0.125. The first-order valence-corrected chi connectivity index (χ1v) is 10.7. The molecule has 0 radical (unpaired) electrons. The third-order valence-corrected chi connectivity index (χ3v) is 6.24. The number of benzene rings is 1. The number of carbonyl (C=O) groups is 1. The molecule has 0 spiro atoms. The van der Waals surface area contributed by atoms with Gasteiger partial charge in [-0.15, -0.1) is 6.58 Å². The highest BCUT2D eigenvalue weighted by Crippen LogP contribution is 2.38. The second-order valence-electron chi connectivity index (χ2n) is 7.57. The van der Waals surface area contributed by atoms with Crippen molar-refractivity contribution in [2.45, 2.75) is 38.1 Å². The maximum Gasteiger partial charge on any atom is 0.223 e. The van der Waals surface area contributed by atoms with Crippen LogP contribution in [0.3, 0.4) is 0 Å². The molecule has 0 aromatic heterocycles. The average molecular weight is 418 g/mol. The SMILES string of the molecule is C=CCNC(=S)N1CCc2cc(OC)c(OC)cc2[C@@H]1CNC(=O)C1CCCC1. The van der Waals surface area contributed by atoms with Crippen molar-refractivity contribution in [3.8, 4) is 11.5 Å². The standard InChI is InChI=1S/C22H31N3O3S/c1-4-10-23-22(29)25-11-9-16-12-19(27-2)20(28-3)13-17(16)18(25)14-24-21(26)15-7-5-6-8-15/h4,12-13,15,18H,1,5-11,14H2,2-3H3,(H,23,29)(H,24,26)/t18-/m0/s1. The number of methoxy groups -OCH3 is 2. The zero-order valence-electron chi connectivity index (χ0n) is 17.3. The van der Waals surface area contributed by atoms with Crippen LogP contribution in [0.2, 0.25) is 0 Å². The highest BCUT2D eigenvalue weighted by Gasteiger charge is 2.32. The minimum Gasteiger partial charge on any atom is -0.493 e. The second-order valence-corrected chi connectivity index (χ2v) is 7.95. The Morgan fingerprint density at radius 1 is 1.24 bits per heavy atom. The van der Waals surface area contributed by atoms with Gasteiger partial charge in [-0.3, -0.25) is 4.79 Å². The zero-order valence-corrected chi connectivity index (χ0v) is 18.1. The Labute approximate surface area is 178 Å². The van der Waals surface area contributed by atoms with Crippen molar-refractivity contribution in [2.24, 2.45) is 5.92 Å². The van der Waals surface area contributed by atoms with Gasteiger partial charge in [-0.05, 0) is 54.7 Å². The Balaban J connectivity index is 1.86. The third kappa shape index (κ3) is 4.83. The molecule has 1 atom stereocenters. The average Bonchev–Trinajstić information content (AvgIpc) is 3.29. The fourth-order valence-electron chi connectivity index (χ4n) is 4.28. The van der Waals surface area contributed by atoms with Gasteiger partial charge in [0.05, 0.1) is 20.3 Å². The van der Waals surface area contributed by atoms with E-state index in [1.54, 1.807) is 20.3 Å². The van der Waals surface area contributed by atoms with E-state index in [0.29, 0.717) is 24.0 Å². The van der Waals surface area contributed by atoms with Crippen LogP contribution in [0.4, 0.5) is 0 Å². The number of amides is 1. The summed E-state index contributed by atoms with van der Waals surface area (Å²) >= 11 is 5.64. The number of carbonyl (C=O) groups excluding carboxylic acids is 1. The molecule has 1 aromatic carbocycles. The van der Waals surface area contributed by atoms with Crippen molar-refractivity contribution in [2.75, 3.05) is 33.9 Å². The van der Waals surface area contributed by atoms with E-state index in [0.717, 1.165) is 50.0 Å². The Kier molecular flexibility index (Phi) is 7.36. The van der Waals surface area contributed by atoms with Gasteiger partial charge in [-0.25, -0.2) is 0 Å². The van der Waals surface area contributed by atoms with E-state index in [4.69, 9.17) is 21.7 Å². The molecule has 1 heterocycles. The minimum atomic E-state index is -0.0614. The summed E-state index contributed by atoms with van der Waals surface area (Å²) in [5, 5.41) is 7.08. The van der Waals surface area contributed by atoms with Crippen molar-refractivity contribution >= 4 is 23.2 Å². The van der Waals surface area contributed by atoms with Gasteiger partial charge >= 0.3 is 0 Å². The summed E-state index contributed by atoms with van der Waals surface area (Å²) in [7, 11) is 3.28. The van der Waals surface area contributed by atoms with Gasteiger partial charge in [0.1, 0.15) is 0 Å². The number of nitrogens with zero attached hydrogens (tertiary/aromatic N) is 1. The molecule has 1 fully saturated rings. The summed E-state index contributed by atoms with van der Waals surface area (Å²) in [5.74, 6) is 1.70. The molecular formula is C22H31N3O3S. The molecule has 1 aromatic rings. The lowest BCUT2D eigenvalue weighted by atomic mass is 9.91. The highest BCUT2D eigenvalue weighted by atomic mass is 32.1. The molecular weight excluding hydrogens is 386 g/mol. The second kappa shape index (κ2) is 9.96. The summed E-state index contributed by atoms with van der Waals surface area (Å²) in [6.45, 7) is 5.64. The summed E-state index contributed by atoms with van der Waals surface area (Å²) in [5.41, 5.74) is 2.31. The van der Waals surface area contributed by atoms with E-state index < -0.39 is 0 Å². The summed E-state index contributed by atoms with van der Waals surface area (Å²) in [4.78, 5) is 14.8. The van der Waals surface area contributed by atoms with Gasteiger partial charge in [0.25, 0.3) is 0 Å². The summed E-state index contributed by atoms with van der Waals surface area (Å²) in [6.07, 6.45) is 6.89. The molecule has 3 rings (SSSR count). The molecule has 0 unspecified atom stereocenters. The van der Waals surface area contributed by atoms with Crippen LogP contribution >= 0.6 is 12.2 Å². The van der Waals surface area contributed by atoms with Crippen LogP contribution in [0.25, 0.3) is 0 Å². The Bertz CT molecular complexity index is 762. The van der Waals surface area contributed by atoms with Crippen LogP contribution in [0.5, 0.6) is 11.5 Å². The lowest BCUT2D eigenvalue weighted by Crippen LogP contribution is -2.49. The topological polar surface area (TPSA) is 62.8 Å². The Hall–Kier alpha value is -2.28. The first-order valence-electron chi connectivity index (χ1n) is 10.3. The van der Waals surface area contributed by atoms with E-state index in [-0.39, 0.29) is 17.9 Å². The van der Waals surface area contributed by atoms with Crippen molar-refractivity contribution in [1.29, 1.82) is 0 Å². The van der Waals surface area contributed by atoms with Crippen molar-refractivity contribution < 1.29 is 14.3 Å². The number of nitrogens with one attached hydrogen (secondary N) is 2. The first kappa shape index (κ1) is 21.4. The number of ether oxygens (including phenoxy) is 2. The molecule has 0 saturated heterocycles. The largest absolute Gasteiger partial charge is 0.493 e. The Morgan fingerprint density at radius 3 is 2.59 bits per heavy atom. The molecule has 1 aliphatic carbocycles. The van der Waals surface area contributed by atoms with Gasteiger partial charge in [0.2, 0.25) is 5.91 Å².